The standard InChI is InChI=1S/C18H29N3O2/c1-6-8-9-13-21(3)18(19-7-2)20-14-15-11-10-12-16(22-4)17(15)23-5/h6,10-12H,1,7-9,13-14H2,2-5H3,(H,19,20). The van der Waals surface area contributed by atoms with Crippen molar-refractivity contribution in [2.45, 2.75) is 26.3 Å². The Morgan fingerprint density at radius 3 is 2.74 bits per heavy atom. The van der Waals surface area contributed by atoms with E-state index in [9.17, 15) is 0 Å². The number of nitrogens with zero attached hydrogens (tertiary/aromatic N) is 2. The van der Waals surface area contributed by atoms with Gasteiger partial charge in [0.2, 0.25) is 0 Å². The van der Waals surface area contributed by atoms with Crippen LogP contribution in [0, 0.1) is 0 Å². The fraction of sp³-hybridized carbons (Fsp3) is 0.500. The molecule has 5 nitrogen and oxygen atoms in total. The zero-order valence-corrected chi connectivity index (χ0v) is 14.8. The summed E-state index contributed by atoms with van der Waals surface area (Å²) in [6.45, 7) is 8.14. The molecule has 5 heteroatoms. The van der Waals surface area contributed by atoms with E-state index < -0.39 is 0 Å². The second kappa shape index (κ2) is 10.5. The van der Waals surface area contributed by atoms with Crippen LogP contribution in [0.3, 0.4) is 0 Å². The number of methoxy groups -OCH3 is 2. The molecule has 0 heterocycles. The van der Waals surface area contributed by atoms with Gasteiger partial charge in [-0.25, -0.2) is 4.99 Å². The third kappa shape index (κ3) is 5.85. The van der Waals surface area contributed by atoms with Gasteiger partial charge in [0.1, 0.15) is 0 Å². The fourth-order valence-corrected chi connectivity index (χ4v) is 2.29. The summed E-state index contributed by atoms with van der Waals surface area (Å²) in [7, 11) is 5.34. The molecule has 1 rings (SSSR count). The highest BCUT2D eigenvalue weighted by Gasteiger charge is 2.10. The predicted octanol–water partition coefficient (Wildman–Crippen LogP) is 3.07. The monoisotopic (exact) mass is 319 g/mol. The minimum Gasteiger partial charge on any atom is -0.493 e. The molecule has 0 bridgehead atoms. The summed E-state index contributed by atoms with van der Waals surface area (Å²) in [6.07, 6.45) is 4.01. The molecule has 0 aliphatic rings. The quantitative estimate of drug-likeness (QED) is 0.329. The molecule has 1 aromatic rings. The molecule has 0 radical (unpaired) electrons. The number of hydrogen-bond acceptors (Lipinski definition) is 3. The van der Waals surface area contributed by atoms with Crippen molar-refractivity contribution in [3.8, 4) is 11.5 Å². The zero-order chi connectivity index (χ0) is 17.1. The number of benzene rings is 1. The van der Waals surface area contributed by atoms with Gasteiger partial charge in [-0.2, -0.15) is 0 Å². The van der Waals surface area contributed by atoms with Crippen LogP contribution >= 0.6 is 0 Å². The third-order valence-corrected chi connectivity index (χ3v) is 3.48. The van der Waals surface area contributed by atoms with Gasteiger partial charge >= 0.3 is 0 Å². The lowest BCUT2D eigenvalue weighted by Crippen LogP contribution is -2.39. The number of aliphatic imine (C=N–C) groups is 1. The maximum atomic E-state index is 5.46. The van der Waals surface area contributed by atoms with Crippen molar-refractivity contribution in [1.82, 2.24) is 10.2 Å². The van der Waals surface area contributed by atoms with Gasteiger partial charge in [-0.05, 0) is 25.8 Å². The SMILES string of the molecule is C=CCCCN(C)C(=NCc1cccc(OC)c1OC)NCC. The van der Waals surface area contributed by atoms with E-state index in [0.717, 1.165) is 49.0 Å². The number of ether oxygens (including phenoxy) is 2. The molecule has 0 aliphatic heterocycles. The van der Waals surface area contributed by atoms with Crippen molar-refractivity contribution >= 4 is 5.96 Å². The van der Waals surface area contributed by atoms with Gasteiger partial charge in [-0.3, -0.25) is 0 Å². The third-order valence-electron chi connectivity index (χ3n) is 3.48. The highest BCUT2D eigenvalue weighted by Crippen LogP contribution is 2.31. The Labute approximate surface area is 140 Å². The average molecular weight is 319 g/mol. The second-order valence-electron chi connectivity index (χ2n) is 5.18. The molecule has 1 aromatic carbocycles. The van der Waals surface area contributed by atoms with E-state index in [1.165, 1.54) is 0 Å². The Morgan fingerprint density at radius 2 is 2.13 bits per heavy atom. The van der Waals surface area contributed by atoms with E-state index in [-0.39, 0.29) is 0 Å². The molecular weight excluding hydrogens is 290 g/mol. The smallest absolute Gasteiger partial charge is 0.193 e. The summed E-state index contributed by atoms with van der Waals surface area (Å²) >= 11 is 0. The molecule has 0 unspecified atom stereocenters. The van der Waals surface area contributed by atoms with Crippen molar-refractivity contribution in [3.63, 3.8) is 0 Å². The summed E-state index contributed by atoms with van der Waals surface area (Å²) in [4.78, 5) is 6.86. The van der Waals surface area contributed by atoms with Crippen molar-refractivity contribution in [2.75, 3.05) is 34.4 Å². The van der Waals surface area contributed by atoms with Crippen molar-refractivity contribution in [1.29, 1.82) is 0 Å². The molecule has 0 amide bonds. The van der Waals surface area contributed by atoms with E-state index in [2.05, 4.69) is 23.7 Å². The summed E-state index contributed by atoms with van der Waals surface area (Å²) in [5.74, 6) is 2.36. The Hall–Kier alpha value is -2.17. The maximum Gasteiger partial charge on any atom is 0.193 e. The second-order valence-corrected chi connectivity index (χ2v) is 5.18. The first-order chi connectivity index (χ1) is 11.2. The van der Waals surface area contributed by atoms with E-state index in [1.54, 1.807) is 14.2 Å². The van der Waals surface area contributed by atoms with Crippen LogP contribution in [-0.2, 0) is 6.54 Å². The van der Waals surface area contributed by atoms with Crippen LogP contribution in [-0.4, -0.2) is 45.2 Å². The van der Waals surface area contributed by atoms with E-state index in [1.807, 2.05) is 31.3 Å². The van der Waals surface area contributed by atoms with E-state index in [4.69, 9.17) is 14.5 Å². The number of para-hydroxylation sites is 1. The molecule has 128 valence electrons. The van der Waals surface area contributed by atoms with Crippen LogP contribution < -0.4 is 14.8 Å². The molecule has 0 aromatic heterocycles. The summed E-state index contributed by atoms with van der Waals surface area (Å²) < 4.78 is 10.8. The maximum absolute atomic E-state index is 5.46. The number of unbranched alkanes of at least 4 members (excludes halogenated alkanes) is 1. The fourth-order valence-electron chi connectivity index (χ4n) is 2.29. The molecule has 0 aliphatic carbocycles. The number of nitrogens with one attached hydrogen (secondary N) is 1. The summed E-state index contributed by atoms with van der Waals surface area (Å²) in [6, 6.07) is 5.84. The highest BCUT2D eigenvalue weighted by atomic mass is 16.5. The van der Waals surface area contributed by atoms with Crippen LogP contribution in [0.1, 0.15) is 25.3 Å². The van der Waals surface area contributed by atoms with E-state index in [0.29, 0.717) is 6.54 Å². The highest BCUT2D eigenvalue weighted by molar-refractivity contribution is 5.79. The van der Waals surface area contributed by atoms with Crippen molar-refractivity contribution in [3.05, 3.63) is 36.4 Å². The first kappa shape index (κ1) is 18.9. The average Bonchev–Trinajstić information content (AvgIpc) is 2.58. The largest absolute Gasteiger partial charge is 0.493 e. The van der Waals surface area contributed by atoms with Crippen molar-refractivity contribution in [2.24, 2.45) is 4.99 Å². The lowest BCUT2D eigenvalue weighted by Gasteiger charge is -2.22. The molecule has 0 saturated carbocycles. The van der Waals surface area contributed by atoms with Crippen LogP contribution in [0.15, 0.2) is 35.8 Å². The first-order valence-electron chi connectivity index (χ1n) is 7.98. The Balaban J connectivity index is 2.86. The Kier molecular flexibility index (Phi) is 8.65. The normalized spacial score (nSPS) is 11.0. The van der Waals surface area contributed by atoms with Gasteiger partial charge in [-0.15, -0.1) is 6.58 Å². The van der Waals surface area contributed by atoms with Crippen molar-refractivity contribution < 1.29 is 9.47 Å². The number of hydrogen-bond donors (Lipinski definition) is 1. The Morgan fingerprint density at radius 1 is 1.35 bits per heavy atom. The Bertz CT molecular complexity index is 515. The number of allylic oxidation sites excluding steroid dienone is 1. The summed E-state index contributed by atoms with van der Waals surface area (Å²) in [5, 5.41) is 3.32. The lowest BCUT2D eigenvalue weighted by atomic mass is 10.2. The molecule has 23 heavy (non-hydrogen) atoms. The topological polar surface area (TPSA) is 46.1 Å². The molecule has 0 fully saturated rings. The van der Waals surface area contributed by atoms with Crippen LogP contribution in [0.2, 0.25) is 0 Å². The van der Waals surface area contributed by atoms with Gasteiger partial charge in [0.15, 0.2) is 17.5 Å². The molecular formula is C18H29N3O2. The zero-order valence-electron chi connectivity index (χ0n) is 14.8. The molecule has 0 spiro atoms. The van der Waals surface area contributed by atoms with Gasteiger partial charge in [0.05, 0.1) is 20.8 Å². The van der Waals surface area contributed by atoms with Gasteiger partial charge in [0.25, 0.3) is 0 Å². The van der Waals surface area contributed by atoms with Gasteiger partial charge < -0.3 is 19.7 Å². The van der Waals surface area contributed by atoms with Crippen LogP contribution in [0.4, 0.5) is 0 Å². The van der Waals surface area contributed by atoms with Gasteiger partial charge in [0, 0.05) is 25.7 Å². The van der Waals surface area contributed by atoms with Crippen LogP contribution in [0.25, 0.3) is 0 Å². The predicted molar refractivity (Wildman–Crippen MR) is 96.4 cm³/mol. The van der Waals surface area contributed by atoms with Crippen LogP contribution in [0.5, 0.6) is 11.5 Å². The first-order valence-corrected chi connectivity index (χ1v) is 7.98. The van der Waals surface area contributed by atoms with Gasteiger partial charge in [-0.1, -0.05) is 18.2 Å². The number of guanidine groups is 1. The number of rotatable bonds is 9. The minimum absolute atomic E-state index is 0.536. The minimum atomic E-state index is 0.536. The molecule has 0 atom stereocenters. The summed E-state index contributed by atoms with van der Waals surface area (Å²) in [5.41, 5.74) is 1.00. The molecule has 1 N–H and O–H groups in total. The van der Waals surface area contributed by atoms with E-state index >= 15 is 0 Å². The lowest BCUT2D eigenvalue weighted by molar-refractivity contribution is 0.351. The molecule has 0 saturated heterocycles.